The third-order valence-electron chi connectivity index (χ3n) is 3.37. The molecule has 0 radical (unpaired) electrons. The SMILES string of the molecule is CCCn1cc(Br)cc1C(=O)Nc1cccc(C(C)C)c1. The van der Waals surface area contributed by atoms with Crippen molar-refractivity contribution in [3.63, 3.8) is 0 Å². The number of benzene rings is 1. The van der Waals surface area contributed by atoms with Gasteiger partial charge in [0.15, 0.2) is 0 Å². The van der Waals surface area contributed by atoms with Crippen LogP contribution in [0.1, 0.15) is 49.2 Å². The molecule has 1 amide bonds. The van der Waals surface area contributed by atoms with Gasteiger partial charge in [-0.15, -0.1) is 0 Å². The lowest BCUT2D eigenvalue weighted by atomic mass is 10.0. The first kappa shape index (κ1) is 15.8. The first-order valence-electron chi connectivity index (χ1n) is 7.28. The van der Waals surface area contributed by atoms with Crippen LogP contribution in [0.25, 0.3) is 0 Å². The molecule has 0 unspecified atom stereocenters. The molecule has 3 nitrogen and oxygen atoms in total. The molecule has 0 aliphatic rings. The smallest absolute Gasteiger partial charge is 0.272 e. The molecule has 21 heavy (non-hydrogen) atoms. The monoisotopic (exact) mass is 348 g/mol. The van der Waals surface area contributed by atoms with Gasteiger partial charge in [-0.2, -0.15) is 0 Å². The van der Waals surface area contributed by atoms with Gasteiger partial charge in [-0.1, -0.05) is 32.9 Å². The van der Waals surface area contributed by atoms with Crippen LogP contribution >= 0.6 is 15.9 Å². The molecule has 1 aromatic carbocycles. The zero-order valence-corrected chi connectivity index (χ0v) is 14.3. The summed E-state index contributed by atoms with van der Waals surface area (Å²) in [5.74, 6) is 0.370. The van der Waals surface area contributed by atoms with Crippen molar-refractivity contribution in [1.29, 1.82) is 0 Å². The van der Waals surface area contributed by atoms with Crippen molar-refractivity contribution in [3.05, 3.63) is 52.3 Å². The Morgan fingerprint density at radius 1 is 1.33 bits per heavy atom. The summed E-state index contributed by atoms with van der Waals surface area (Å²) in [6.07, 6.45) is 2.94. The third-order valence-corrected chi connectivity index (χ3v) is 3.81. The van der Waals surface area contributed by atoms with E-state index in [1.54, 1.807) is 0 Å². The quantitative estimate of drug-likeness (QED) is 0.807. The van der Waals surface area contributed by atoms with Crippen molar-refractivity contribution in [2.45, 2.75) is 39.7 Å². The molecule has 4 heteroatoms. The minimum atomic E-state index is -0.0740. The van der Waals surface area contributed by atoms with Gasteiger partial charge in [-0.05, 0) is 52.0 Å². The number of amides is 1. The van der Waals surface area contributed by atoms with Gasteiger partial charge in [-0.3, -0.25) is 4.79 Å². The van der Waals surface area contributed by atoms with Gasteiger partial charge in [0.25, 0.3) is 5.91 Å². The Labute approximate surface area is 134 Å². The first-order valence-corrected chi connectivity index (χ1v) is 8.07. The van der Waals surface area contributed by atoms with Crippen LogP contribution in [0.2, 0.25) is 0 Å². The van der Waals surface area contributed by atoms with Crippen molar-refractivity contribution in [2.24, 2.45) is 0 Å². The fourth-order valence-electron chi connectivity index (χ4n) is 2.26. The lowest BCUT2D eigenvalue weighted by Crippen LogP contribution is -2.16. The Kier molecular flexibility index (Phi) is 5.23. The molecule has 2 aromatic rings. The highest BCUT2D eigenvalue weighted by Gasteiger charge is 2.13. The zero-order valence-electron chi connectivity index (χ0n) is 12.7. The van der Waals surface area contributed by atoms with Crippen LogP contribution in [0, 0.1) is 0 Å². The molecule has 0 saturated carbocycles. The van der Waals surface area contributed by atoms with Gasteiger partial charge in [-0.25, -0.2) is 0 Å². The Morgan fingerprint density at radius 3 is 2.76 bits per heavy atom. The Morgan fingerprint density at radius 2 is 2.10 bits per heavy atom. The summed E-state index contributed by atoms with van der Waals surface area (Å²) >= 11 is 3.44. The summed E-state index contributed by atoms with van der Waals surface area (Å²) in [5, 5.41) is 2.99. The van der Waals surface area contributed by atoms with Crippen LogP contribution < -0.4 is 5.32 Å². The van der Waals surface area contributed by atoms with Crippen molar-refractivity contribution in [3.8, 4) is 0 Å². The van der Waals surface area contributed by atoms with E-state index in [1.165, 1.54) is 5.56 Å². The minimum absolute atomic E-state index is 0.0740. The number of nitrogens with one attached hydrogen (secondary N) is 1. The van der Waals surface area contributed by atoms with E-state index in [-0.39, 0.29) is 5.91 Å². The molecule has 1 N–H and O–H groups in total. The fourth-order valence-corrected chi connectivity index (χ4v) is 2.73. The van der Waals surface area contributed by atoms with Crippen molar-refractivity contribution < 1.29 is 4.79 Å². The first-order chi connectivity index (χ1) is 10.0. The number of rotatable bonds is 5. The van der Waals surface area contributed by atoms with Crippen molar-refractivity contribution in [2.75, 3.05) is 5.32 Å². The second-order valence-corrected chi connectivity index (χ2v) is 6.39. The number of hydrogen-bond donors (Lipinski definition) is 1. The lowest BCUT2D eigenvalue weighted by Gasteiger charge is -2.11. The predicted octanol–water partition coefficient (Wildman–Crippen LogP) is 5.04. The Balaban J connectivity index is 2.20. The molecular formula is C17H21BrN2O. The van der Waals surface area contributed by atoms with Crippen LogP contribution in [0.5, 0.6) is 0 Å². The number of aryl methyl sites for hydroxylation is 1. The Hall–Kier alpha value is -1.55. The topological polar surface area (TPSA) is 34.0 Å². The zero-order chi connectivity index (χ0) is 15.4. The van der Waals surface area contributed by atoms with Crippen LogP contribution in [0.4, 0.5) is 5.69 Å². The maximum absolute atomic E-state index is 12.5. The van der Waals surface area contributed by atoms with Gasteiger partial charge >= 0.3 is 0 Å². The second-order valence-electron chi connectivity index (χ2n) is 5.47. The van der Waals surface area contributed by atoms with E-state index in [0.717, 1.165) is 23.1 Å². The standard InChI is InChI=1S/C17H21BrN2O/c1-4-8-20-11-14(18)10-16(20)17(21)19-15-7-5-6-13(9-15)12(2)3/h5-7,9-12H,4,8H2,1-3H3,(H,19,21). The highest BCUT2D eigenvalue weighted by atomic mass is 79.9. The summed E-state index contributed by atoms with van der Waals surface area (Å²) in [6, 6.07) is 9.87. The molecule has 2 rings (SSSR count). The van der Waals surface area contributed by atoms with Gasteiger partial charge in [0, 0.05) is 22.9 Å². The molecule has 0 atom stereocenters. The summed E-state index contributed by atoms with van der Waals surface area (Å²) in [6.45, 7) is 7.22. The summed E-state index contributed by atoms with van der Waals surface area (Å²) < 4.78 is 2.91. The maximum Gasteiger partial charge on any atom is 0.272 e. The molecule has 0 saturated heterocycles. The highest BCUT2D eigenvalue weighted by Crippen LogP contribution is 2.20. The summed E-state index contributed by atoms with van der Waals surface area (Å²) in [4.78, 5) is 12.5. The summed E-state index contributed by atoms with van der Waals surface area (Å²) in [5.41, 5.74) is 2.74. The molecule has 0 spiro atoms. The van der Waals surface area contributed by atoms with E-state index in [0.29, 0.717) is 11.6 Å². The molecule has 1 heterocycles. The third kappa shape index (κ3) is 3.97. The van der Waals surface area contributed by atoms with E-state index < -0.39 is 0 Å². The van der Waals surface area contributed by atoms with Crippen LogP contribution in [-0.2, 0) is 6.54 Å². The largest absolute Gasteiger partial charge is 0.342 e. The Bertz CT molecular complexity index is 631. The van der Waals surface area contributed by atoms with Gasteiger partial charge in [0.05, 0.1) is 0 Å². The van der Waals surface area contributed by atoms with Gasteiger partial charge in [0.1, 0.15) is 5.69 Å². The number of carbonyl (C=O) groups excluding carboxylic acids is 1. The molecule has 0 fully saturated rings. The lowest BCUT2D eigenvalue weighted by molar-refractivity contribution is 0.101. The average molecular weight is 349 g/mol. The van der Waals surface area contributed by atoms with Gasteiger partial charge < -0.3 is 9.88 Å². The number of anilines is 1. The average Bonchev–Trinajstić information content (AvgIpc) is 2.80. The van der Waals surface area contributed by atoms with Crippen LogP contribution in [-0.4, -0.2) is 10.5 Å². The number of halogens is 1. The number of hydrogen-bond acceptors (Lipinski definition) is 1. The fraction of sp³-hybridized carbons (Fsp3) is 0.353. The molecular weight excluding hydrogens is 328 g/mol. The molecule has 1 aromatic heterocycles. The normalized spacial score (nSPS) is 10.9. The molecule has 0 aliphatic heterocycles. The van der Waals surface area contributed by atoms with E-state index in [2.05, 4.69) is 48.1 Å². The second kappa shape index (κ2) is 6.94. The van der Waals surface area contributed by atoms with Crippen molar-refractivity contribution in [1.82, 2.24) is 4.57 Å². The number of carbonyl (C=O) groups is 1. The summed E-state index contributed by atoms with van der Waals surface area (Å²) in [7, 11) is 0. The van der Waals surface area contributed by atoms with E-state index in [1.807, 2.05) is 35.0 Å². The van der Waals surface area contributed by atoms with E-state index in [9.17, 15) is 4.79 Å². The molecule has 112 valence electrons. The predicted molar refractivity (Wildman–Crippen MR) is 90.9 cm³/mol. The number of aromatic nitrogens is 1. The van der Waals surface area contributed by atoms with Crippen LogP contribution in [0.3, 0.4) is 0 Å². The molecule has 0 aliphatic carbocycles. The highest BCUT2D eigenvalue weighted by molar-refractivity contribution is 9.10. The molecule has 0 bridgehead atoms. The number of nitrogens with zero attached hydrogens (tertiary/aromatic N) is 1. The van der Waals surface area contributed by atoms with Crippen molar-refractivity contribution >= 4 is 27.5 Å². The van der Waals surface area contributed by atoms with Crippen LogP contribution in [0.15, 0.2) is 41.0 Å². The minimum Gasteiger partial charge on any atom is -0.342 e. The maximum atomic E-state index is 12.5. The van der Waals surface area contributed by atoms with Gasteiger partial charge in [0.2, 0.25) is 0 Å². The van der Waals surface area contributed by atoms with E-state index >= 15 is 0 Å². The van der Waals surface area contributed by atoms with E-state index in [4.69, 9.17) is 0 Å².